The van der Waals surface area contributed by atoms with Crippen LogP contribution in [0, 0.1) is 5.82 Å². The van der Waals surface area contributed by atoms with E-state index < -0.39 is 11.5 Å². The summed E-state index contributed by atoms with van der Waals surface area (Å²) < 4.78 is 19.2. The Bertz CT molecular complexity index is 435. The summed E-state index contributed by atoms with van der Waals surface area (Å²) >= 11 is 3.28. The van der Waals surface area contributed by atoms with Crippen LogP contribution in [0.5, 0.6) is 0 Å². The van der Waals surface area contributed by atoms with Gasteiger partial charge >= 0.3 is 5.97 Å². The number of halogens is 2. The average Bonchev–Trinajstić information content (AvgIpc) is 2.30. The van der Waals surface area contributed by atoms with E-state index in [-0.39, 0.29) is 5.82 Å². The largest absolute Gasteiger partial charge is 0.467 e. The number of ether oxygens (including phenoxy) is 1. The SMILES string of the molecule is COC(=O)C(C)(C)N(C)c1cc(Br)ccc1F. The lowest BCUT2D eigenvalue weighted by molar-refractivity contribution is -0.145. The van der Waals surface area contributed by atoms with E-state index in [4.69, 9.17) is 4.74 Å². The molecule has 5 heteroatoms. The van der Waals surface area contributed by atoms with E-state index in [9.17, 15) is 9.18 Å². The van der Waals surface area contributed by atoms with Gasteiger partial charge in [-0.1, -0.05) is 15.9 Å². The Balaban J connectivity index is 3.15. The van der Waals surface area contributed by atoms with Crippen LogP contribution < -0.4 is 4.90 Å². The lowest BCUT2D eigenvalue weighted by atomic mass is 10.0. The van der Waals surface area contributed by atoms with E-state index in [1.807, 2.05) is 0 Å². The normalized spacial score (nSPS) is 11.2. The molecule has 94 valence electrons. The number of carbonyl (C=O) groups excluding carboxylic acids is 1. The summed E-state index contributed by atoms with van der Waals surface area (Å²) in [6.07, 6.45) is 0. The van der Waals surface area contributed by atoms with Gasteiger partial charge in [-0.2, -0.15) is 0 Å². The standard InChI is InChI=1S/C12H15BrFNO2/c1-12(2,11(16)17-4)15(3)10-7-8(13)5-6-9(10)14/h5-7H,1-4H3. The second kappa shape index (κ2) is 5.04. The molecule has 17 heavy (non-hydrogen) atoms. The van der Waals surface area contributed by atoms with Gasteiger partial charge in [0.15, 0.2) is 0 Å². The molecular formula is C12H15BrFNO2. The second-order valence-corrected chi connectivity index (χ2v) is 5.12. The molecular weight excluding hydrogens is 289 g/mol. The monoisotopic (exact) mass is 303 g/mol. The maximum absolute atomic E-state index is 13.7. The van der Waals surface area contributed by atoms with Gasteiger partial charge in [-0.3, -0.25) is 0 Å². The second-order valence-electron chi connectivity index (χ2n) is 4.21. The van der Waals surface area contributed by atoms with Crippen molar-refractivity contribution >= 4 is 27.6 Å². The van der Waals surface area contributed by atoms with Gasteiger partial charge in [0.25, 0.3) is 0 Å². The van der Waals surface area contributed by atoms with E-state index in [0.717, 1.165) is 4.47 Å². The lowest BCUT2D eigenvalue weighted by Gasteiger charge is -2.34. The molecule has 0 spiro atoms. The molecule has 0 radical (unpaired) electrons. The lowest BCUT2D eigenvalue weighted by Crippen LogP contribution is -2.49. The van der Waals surface area contributed by atoms with E-state index >= 15 is 0 Å². The number of hydrogen-bond acceptors (Lipinski definition) is 3. The van der Waals surface area contributed by atoms with Gasteiger partial charge in [-0.25, -0.2) is 9.18 Å². The molecule has 0 aliphatic carbocycles. The van der Waals surface area contributed by atoms with Crippen molar-refractivity contribution in [2.45, 2.75) is 19.4 Å². The van der Waals surface area contributed by atoms with Crippen LogP contribution in [-0.4, -0.2) is 25.7 Å². The summed E-state index contributed by atoms with van der Waals surface area (Å²) in [5.74, 6) is -0.799. The van der Waals surface area contributed by atoms with Crippen LogP contribution in [-0.2, 0) is 9.53 Å². The Morgan fingerprint density at radius 2 is 2.06 bits per heavy atom. The summed E-state index contributed by atoms with van der Waals surface area (Å²) in [6, 6.07) is 4.58. The molecule has 0 bridgehead atoms. The Labute approximate surface area is 109 Å². The third-order valence-electron chi connectivity index (χ3n) is 2.79. The first-order valence-corrected chi connectivity index (χ1v) is 5.87. The topological polar surface area (TPSA) is 29.5 Å². The summed E-state index contributed by atoms with van der Waals surface area (Å²) in [5.41, 5.74) is -0.592. The van der Waals surface area contributed by atoms with Crippen LogP contribution in [0.25, 0.3) is 0 Å². The van der Waals surface area contributed by atoms with Crippen LogP contribution in [0.2, 0.25) is 0 Å². The minimum Gasteiger partial charge on any atom is -0.467 e. The Kier molecular flexibility index (Phi) is 4.14. The molecule has 1 rings (SSSR count). The minimum atomic E-state index is -0.934. The molecule has 0 aromatic heterocycles. The highest BCUT2D eigenvalue weighted by Crippen LogP contribution is 2.28. The zero-order valence-electron chi connectivity index (χ0n) is 10.3. The van der Waals surface area contributed by atoms with E-state index in [0.29, 0.717) is 5.69 Å². The summed E-state index contributed by atoms with van der Waals surface area (Å²) in [6.45, 7) is 3.36. The Morgan fingerprint density at radius 1 is 1.47 bits per heavy atom. The number of nitrogens with zero attached hydrogens (tertiary/aromatic N) is 1. The minimum absolute atomic E-state index is 0.342. The van der Waals surface area contributed by atoms with Crippen molar-refractivity contribution in [1.29, 1.82) is 0 Å². The predicted molar refractivity (Wildman–Crippen MR) is 68.6 cm³/mol. The van der Waals surface area contributed by atoms with Crippen molar-refractivity contribution < 1.29 is 13.9 Å². The molecule has 0 saturated carbocycles. The first-order chi connectivity index (χ1) is 7.80. The molecule has 0 N–H and O–H groups in total. The van der Waals surface area contributed by atoms with Gasteiger partial charge in [0.2, 0.25) is 0 Å². The number of hydrogen-bond donors (Lipinski definition) is 0. The number of anilines is 1. The fraction of sp³-hybridized carbons (Fsp3) is 0.417. The van der Waals surface area contributed by atoms with Gasteiger partial charge in [0.1, 0.15) is 11.4 Å². The van der Waals surface area contributed by atoms with E-state index in [2.05, 4.69) is 15.9 Å². The number of benzene rings is 1. The van der Waals surface area contributed by atoms with Gasteiger partial charge in [-0.15, -0.1) is 0 Å². The number of rotatable bonds is 3. The van der Waals surface area contributed by atoms with Crippen molar-refractivity contribution in [3.63, 3.8) is 0 Å². The molecule has 0 aliphatic rings. The van der Waals surface area contributed by atoms with Crippen LogP contribution in [0.4, 0.5) is 10.1 Å². The third-order valence-corrected chi connectivity index (χ3v) is 3.29. The van der Waals surface area contributed by atoms with Crippen LogP contribution in [0.3, 0.4) is 0 Å². The van der Waals surface area contributed by atoms with Gasteiger partial charge < -0.3 is 9.64 Å². The molecule has 3 nitrogen and oxygen atoms in total. The smallest absolute Gasteiger partial charge is 0.331 e. The Morgan fingerprint density at radius 3 is 2.59 bits per heavy atom. The van der Waals surface area contributed by atoms with Crippen LogP contribution >= 0.6 is 15.9 Å². The summed E-state index contributed by atoms with van der Waals surface area (Å²) in [7, 11) is 2.97. The highest BCUT2D eigenvalue weighted by atomic mass is 79.9. The molecule has 0 atom stereocenters. The van der Waals surface area contributed by atoms with E-state index in [1.54, 1.807) is 37.9 Å². The molecule has 0 saturated heterocycles. The zero-order chi connectivity index (χ0) is 13.2. The average molecular weight is 304 g/mol. The third kappa shape index (κ3) is 2.77. The molecule has 0 aliphatic heterocycles. The quantitative estimate of drug-likeness (QED) is 0.804. The fourth-order valence-electron chi connectivity index (χ4n) is 1.43. The zero-order valence-corrected chi connectivity index (χ0v) is 11.8. The van der Waals surface area contributed by atoms with Gasteiger partial charge in [-0.05, 0) is 32.0 Å². The predicted octanol–water partition coefficient (Wildman–Crippen LogP) is 2.98. The molecule has 0 amide bonds. The number of likely N-dealkylation sites (N-methyl/N-ethyl adjacent to an activating group) is 1. The first kappa shape index (κ1) is 14.0. The van der Waals surface area contributed by atoms with Gasteiger partial charge in [0, 0.05) is 11.5 Å². The maximum Gasteiger partial charge on any atom is 0.331 e. The number of methoxy groups -OCH3 is 1. The molecule has 0 fully saturated rings. The molecule has 1 aromatic rings. The Hall–Kier alpha value is -1.10. The molecule has 1 aromatic carbocycles. The van der Waals surface area contributed by atoms with Gasteiger partial charge in [0.05, 0.1) is 12.8 Å². The van der Waals surface area contributed by atoms with E-state index in [1.165, 1.54) is 13.2 Å². The number of esters is 1. The van der Waals surface area contributed by atoms with Crippen molar-refractivity contribution in [2.75, 3.05) is 19.1 Å². The molecule has 0 unspecified atom stereocenters. The molecule has 0 heterocycles. The highest BCUT2D eigenvalue weighted by molar-refractivity contribution is 9.10. The van der Waals surface area contributed by atoms with Crippen LogP contribution in [0.15, 0.2) is 22.7 Å². The maximum atomic E-state index is 13.7. The van der Waals surface area contributed by atoms with Crippen molar-refractivity contribution in [2.24, 2.45) is 0 Å². The first-order valence-electron chi connectivity index (χ1n) is 5.08. The highest BCUT2D eigenvalue weighted by Gasteiger charge is 2.34. The van der Waals surface area contributed by atoms with Crippen molar-refractivity contribution in [3.05, 3.63) is 28.5 Å². The van der Waals surface area contributed by atoms with Crippen molar-refractivity contribution in [1.82, 2.24) is 0 Å². The number of carbonyl (C=O) groups is 1. The van der Waals surface area contributed by atoms with Crippen molar-refractivity contribution in [3.8, 4) is 0 Å². The fourth-order valence-corrected chi connectivity index (χ4v) is 1.78. The van der Waals surface area contributed by atoms with Crippen LogP contribution in [0.1, 0.15) is 13.8 Å². The summed E-state index contributed by atoms with van der Waals surface area (Å²) in [4.78, 5) is 13.2. The summed E-state index contributed by atoms with van der Waals surface area (Å²) in [5, 5.41) is 0.